The van der Waals surface area contributed by atoms with Gasteiger partial charge in [-0.3, -0.25) is 14.4 Å². The maximum absolute atomic E-state index is 12.1. The fourth-order valence-corrected chi connectivity index (χ4v) is 3.35. The molecule has 1 heterocycles. The Hall–Kier alpha value is -1.91. The number of carboxylic acids is 1. The van der Waals surface area contributed by atoms with Crippen LogP contribution in [-0.4, -0.2) is 116 Å². The summed E-state index contributed by atoms with van der Waals surface area (Å²) in [6.07, 6.45) is -4.77. The molecule has 0 spiro atoms. The second kappa shape index (κ2) is 13.8. The summed E-state index contributed by atoms with van der Waals surface area (Å²) in [6.45, 7) is 2.77. The summed E-state index contributed by atoms with van der Waals surface area (Å²) in [6, 6.07) is -2.90. The molecule has 0 unspecified atom stereocenters. The Kier molecular flexibility index (Phi) is 12.3. The van der Waals surface area contributed by atoms with Gasteiger partial charge >= 0.3 is 5.97 Å². The molecule has 1 fully saturated rings. The fraction of sp³-hybridized carbons (Fsp3) is 0.850. The monoisotopic (exact) mass is 494 g/mol. The molecule has 1 saturated heterocycles. The van der Waals surface area contributed by atoms with E-state index in [4.69, 9.17) is 15.6 Å². The highest BCUT2D eigenvalue weighted by Gasteiger charge is 2.52. The lowest BCUT2D eigenvalue weighted by Crippen LogP contribution is -2.65. The molecule has 14 nitrogen and oxygen atoms in total. The van der Waals surface area contributed by atoms with Crippen LogP contribution in [-0.2, 0) is 19.1 Å². The third-order valence-corrected chi connectivity index (χ3v) is 5.65. The Morgan fingerprint density at radius 2 is 1.62 bits per heavy atom. The van der Waals surface area contributed by atoms with Crippen molar-refractivity contribution >= 4 is 17.8 Å². The molecule has 0 aromatic rings. The first-order chi connectivity index (χ1) is 15.8. The van der Waals surface area contributed by atoms with Crippen molar-refractivity contribution in [2.75, 3.05) is 19.7 Å². The lowest BCUT2D eigenvalue weighted by atomic mass is 9.91. The van der Waals surface area contributed by atoms with Crippen LogP contribution in [0.1, 0.15) is 39.5 Å². The van der Waals surface area contributed by atoms with Crippen LogP contribution in [0.2, 0.25) is 0 Å². The number of ether oxygens (including phenoxy) is 1. The lowest BCUT2D eigenvalue weighted by molar-refractivity contribution is -0.350. The SMILES string of the molecule is C[C@H](NC(=O)[C@H](C)NC(=O)[C@@H](N)CCCCNCC[C@]1(O)O[C@H](CO)[C@H](O)[C@H](O)[C@H]1O)C(=O)O. The van der Waals surface area contributed by atoms with E-state index in [1.54, 1.807) is 0 Å². The van der Waals surface area contributed by atoms with Crippen molar-refractivity contribution < 1.29 is 49.8 Å². The van der Waals surface area contributed by atoms with E-state index >= 15 is 0 Å². The molecule has 34 heavy (non-hydrogen) atoms. The number of nitrogens with one attached hydrogen (secondary N) is 3. The molecule has 198 valence electrons. The van der Waals surface area contributed by atoms with Gasteiger partial charge in [0.25, 0.3) is 0 Å². The van der Waals surface area contributed by atoms with Gasteiger partial charge in [-0.05, 0) is 33.2 Å². The van der Waals surface area contributed by atoms with Gasteiger partial charge in [0.1, 0.15) is 36.5 Å². The van der Waals surface area contributed by atoms with Gasteiger partial charge in [-0.2, -0.15) is 0 Å². The highest BCUT2D eigenvalue weighted by atomic mass is 16.7. The smallest absolute Gasteiger partial charge is 0.325 e. The third kappa shape index (κ3) is 8.70. The molecule has 14 heteroatoms. The maximum Gasteiger partial charge on any atom is 0.325 e. The summed E-state index contributed by atoms with van der Waals surface area (Å²) in [7, 11) is 0. The van der Waals surface area contributed by atoms with Crippen molar-refractivity contribution in [3.63, 3.8) is 0 Å². The summed E-state index contributed by atoms with van der Waals surface area (Å²) in [4.78, 5) is 34.8. The number of aliphatic carboxylic acids is 1. The fourth-order valence-electron chi connectivity index (χ4n) is 3.35. The van der Waals surface area contributed by atoms with Crippen LogP contribution in [0.3, 0.4) is 0 Å². The number of carbonyl (C=O) groups is 3. The molecule has 0 saturated carbocycles. The summed E-state index contributed by atoms with van der Waals surface area (Å²) in [5.41, 5.74) is 5.84. The molecule has 2 amide bonds. The Morgan fingerprint density at radius 3 is 2.21 bits per heavy atom. The summed E-state index contributed by atoms with van der Waals surface area (Å²) in [5, 5.41) is 65.7. The number of carbonyl (C=O) groups excluding carboxylic acids is 2. The second-order valence-corrected chi connectivity index (χ2v) is 8.51. The third-order valence-electron chi connectivity index (χ3n) is 5.65. The van der Waals surface area contributed by atoms with Gasteiger partial charge in [-0.15, -0.1) is 0 Å². The Labute approximate surface area is 197 Å². The number of hydrogen-bond acceptors (Lipinski definition) is 11. The minimum absolute atomic E-state index is 0.114. The first-order valence-corrected chi connectivity index (χ1v) is 11.2. The molecule has 1 rings (SSSR count). The van der Waals surface area contributed by atoms with Crippen LogP contribution in [0.4, 0.5) is 0 Å². The van der Waals surface area contributed by atoms with Gasteiger partial charge in [0.05, 0.1) is 12.6 Å². The van der Waals surface area contributed by atoms with Crippen LogP contribution in [0.25, 0.3) is 0 Å². The number of aliphatic hydroxyl groups is 5. The largest absolute Gasteiger partial charge is 0.480 e. The number of unbranched alkanes of at least 4 members (excludes halogenated alkanes) is 1. The quantitative estimate of drug-likeness (QED) is 0.103. The van der Waals surface area contributed by atoms with E-state index in [9.17, 15) is 39.9 Å². The topological polar surface area (TPSA) is 244 Å². The Bertz CT molecular complexity index is 682. The standard InChI is InChI=1S/C20H38N4O10/c1-10(17(29)24-11(2)19(31)32)23-18(30)12(21)5-3-4-7-22-8-6-20(33)16(28)15(27)14(26)13(9-25)34-20/h10-16,22,25-28,33H,3-9,21H2,1-2H3,(H,23,30)(H,24,29)(H,31,32)/t10-,11-,12-,13+,14-,15-,16+,20-/m0/s1. The number of nitrogens with two attached hydrogens (primary N) is 1. The first-order valence-electron chi connectivity index (χ1n) is 11.2. The van der Waals surface area contributed by atoms with Crippen molar-refractivity contribution in [1.29, 1.82) is 0 Å². The molecule has 0 radical (unpaired) electrons. The first kappa shape index (κ1) is 30.1. The van der Waals surface area contributed by atoms with E-state index in [2.05, 4.69) is 16.0 Å². The molecular weight excluding hydrogens is 456 g/mol. The number of carboxylic acid groups (broad SMARTS) is 1. The minimum atomic E-state index is -2.13. The van der Waals surface area contributed by atoms with Crippen LogP contribution >= 0.6 is 0 Å². The lowest BCUT2D eigenvalue weighted by Gasteiger charge is -2.45. The van der Waals surface area contributed by atoms with Gasteiger partial charge in [0.2, 0.25) is 11.8 Å². The second-order valence-electron chi connectivity index (χ2n) is 8.51. The number of amides is 2. The number of aliphatic hydroxyl groups excluding tert-OH is 4. The van der Waals surface area contributed by atoms with Crippen molar-refractivity contribution in [1.82, 2.24) is 16.0 Å². The zero-order chi connectivity index (χ0) is 26.1. The molecule has 0 bridgehead atoms. The van der Waals surface area contributed by atoms with Crippen LogP contribution in [0.5, 0.6) is 0 Å². The van der Waals surface area contributed by atoms with Crippen LogP contribution in [0, 0.1) is 0 Å². The van der Waals surface area contributed by atoms with Gasteiger partial charge in [0.15, 0.2) is 5.79 Å². The van der Waals surface area contributed by atoms with E-state index in [0.717, 1.165) is 0 Å². The van der Waals surface area contributed by atoms with E-state index < -0.39 is 72.7 Å². The number of hydrogen-bond donors (Lipinski definition) is 10. The highest BCUT2D eigenvalue weighted by Crippen LogP contribution is 2.30. The molecular formula is C20H38N4O10. The van der Waals surface area contributed by atoms with Crippen LogP contribution in [0.15, 0.2) is 0 Å². The molecule has 0 aliphatic carbocycles. The van der Waals surface area contributed by atoms with Crippen molar-refractivity contribution in [2.45, 2.75) is 87.9 Å². The van der Waals surface area contributed by atoms with Crippen molar-refractivity contribution in [3.05, 3.63) is 0 Å². The van der Waals surface area contributed by atoms with Crippen molar-refractivity contribution in [2.24, 2.45) is 5.73 Å². The molecule has 0 aromatic carbocycles. The van der Waals surface area contributed by atoms with Gasteiger partial charge in [-0.1, -0.05) is 6.42 Å². The Morgan fingerprint density at radius 1 is 1.00 bits per heavy atom. The van der Waals surface area contributed by atoms with E-state index in [1.807, 2.05) is 0 Å². The zero-order valence-electron chi connectivity index (χ0n) is 19.4. The summed E-state index contributed by atoms with van der Waals surface area (Å²) < 4.78 is 5.17. The number of rotatable bonds is 14. The predicted molar refractivity (Wildman–Crippen MR) is 117 cm³/mol. The van der Waals surface area contributed by atoms with Gasteiger partial charge in [0, 0.05) is 13.0 Å². The van der Waals surface area contributed by atoms with Crippen LogP contribution < -0.4 is 21.7 Å². The zero-order valence-corrected chi connectivity index (χ0v) is 19.4. The normalized spacial score (nSPS) is 29.6. The summed E-state index contributed by atoms with van der Waals surface area (Å²) >= 11 is 0. The van der Waals surface area contributed by atoms with Crippen molar-refractivity contribution in [3.8, 4) is 0 Å². The van der Waals surface area contributed by atoms with Gasteiger partial charge in [-0.25, -0.2) is 0 Å². The predicted octanol–water partition coefficient (Wildman–Crippen LogP) is -4.28. The van der Waals surface area contributed by atoms with E-state index in [-0.39, 0.29) is 13.0 Å². The molecule has 0 aromatic heterocycles. The molecule has 8 atom stereocenters. The minimum Gasteiger partial charge on any atom is -0.480 e. The highest BCUT2D eigenvalue weighted by molar-refractivity contribution is 5.91. The molecule has 11 N–H and O–H groups in total. The average molecular weight is 495 g/mol. The summed E-state index contributed by atoms with van der Waals surface area (Å²) in [5.74, 6) is -4.51. The molecule has 1 aliphatic heterocycles. The van der Waals surface area contributed by atoms with Gasteiger partial charge < -0.3 is 57.1 Å². The van der Waals surface area contributed by atoms with E-state index in [0.29, 0.717) is 25.8 Å². The average Bonchev–Trinajstić information content (AvgIpc) is 2.79. The molecule has 1 aliphatic rings. The maximum atomic E-state index is 12.1. The van der Waals surface area contributed by atoms with E-state index in [1.165, 1.54) is 13.8 Å². The Balaban J connectivity index is 2.27.